The summed E-state index contributed by atoms with van der Waals surface area (Å²) in [4.78, 5) is 40.0. The van der Waals surface area contributed by atoms with Crippen molar-refractivity contribution < 1.29 is 19.1 Å². The monoisotopic (exact) mass is 416 g/mol. The van der Waals surface area contributed by atoms with E-state index >= 15 is 0 Å². The summed E-state index contributed by atoms with van der Waals surface area (Å²) >= 11 is 7.50. The van der Waals surface area contributed by atoms with Gasteiger partial charge in [-0.25, -0.2) is 4.98 Å². The molecule has 144 valence electrons. The Kier molecular flexibility index (Phi) is 6.73. The van der Waals surface area contributed by atoms with Crippen LogP contribution in [0.15, 0.2) is 48.5 Å². The lowest BCUT2D eigenvalue weighted by Gasteiger charge is -2.06. The molecule has 3 aromatic rings. The fraction of sp³-hybridized carbons (Fsp3) is 0.200. The predicted octanol–water partition coefficient (Wildman–Crippen LogP) is 3.77. The number of amides is 2. The number of fused-ring (bicyclic) bond motifs is 1. The molecule has 0 bridgehead atoms. The van der Waals surface area contributed by atoms with Crippen LogP contribution in [0.1, 0.15) is 28.2 Å². The summed E-state index contributed by atoms with van der Waals surface area (Å²) in [7, 11) is 0. The molecule has 0 aliphatic rings. The molecule has 0 aliphatic carbocycles. The number of hydrogen-bond acceptors (Lipinski definition) is 6. The molecule has 0 aliphatic heterocycles. The van der Waals surface area contributed by atoms with E-state index in [1.165, 1.54) is 6.07 Å². The Morgan fingerprint density at radius 1 is 1.07 bits per heavy atom. The van der Waals surface area contributed by atoms with Crippen molar-refractivity contribution in [3.63, 3.8) is 0 Å². The quantitative estimate of drug-likeness (QED) is 0.592. The number of imide groups is 1. The van der Waals surface area contributed by atoms with Crippen LogP contribution in [0.3, 0.4) is 0 Å². The van der Waals surface area contributed by atoms with Crippen molar-refractivity contribution >= 4 is 50.9 Å². The molecule has 0 radical (unpaired) electrons. The number of hydrogen-bond donors (Lipinski definition) is 1. The molecule has 3 rings (SSSR count). The highest BCUT2D eigenvalue weighted by molar-refractivity contribution is 7.18. The van der Waals surface area contributed by atoms with Gasteiger partial charge in [-0.3, -0.25) is 19.7 Å². The van der Waals surface area contributed by atoms with Crippen LogP contribution in [0.4, 0.5) is 0 Å². The molecule has 1 heterocycles. The van der Waals surface area contributed by atoms with Gasteiger partial charge in [0, 0.05) is 6.42 Å². The highest BCUT2D eigenvalue weighted by atomic mass is 35.5. The fourth-order valence-electron chi connectivity index (χ4n) is 2.50. The topological polar surface area (TPSA) is 85.4 Å². The number of para-hydroxylation sites is 1. The van der Waals surface area contributed by atoms with E-state index < -0.39 is 24.4 Å². The van der Waals surface area contributed by atoms with Gasteiger partial charge in [-0.15, -0.1) is 11.3 Å². The lowest BCUT2D eigenvalue weighted by molar-refractivity contribution is -0.148. The molecule has 1 aromatic heterocycles. The minimum Gasteiger partial charge on any atom is -0.456 e. The van der Waals surface area contributed by atoms with E-state index in [1.54, 1.807) is 29.5 Å². The van der Waals surface area contributed by atoms with Crippen molar-refractivity contribution in [1.82, 2.24) is 10.3 Å². The van der Waals surface area contributed by atoms with Crippen molar-refractivity contribution in [2.75, 3.05) is 6.61 Å². The number of carbonyl (C=O) groups is 3. The molecule has 2 amide bonds. The van der Waals surface area contributed by atoms with Crippen LogP contribution < -0.4 is 5.32 Å². The molecule has 0 atom stereocenters. The molecule has 2 aromatic carbocycles. The van der Waals surface area contributed by atoms with Crippen LogP contribution in [-0.2, 0) is 20.7 Å². The molecule has 0 saturated carbocycles. The smallest absolute Gasteiger partial charge is 0.306 e. The Balaban J connectivity index is 1.38. The van der Waals surface area contributed by atoms with Crippen LogP contribution in [0.25, 0.3) is 10.2 Å². The zero-order valence-electron chi connectivity index (χ0n) is 14.8. The first-order valence-electron chi connectivity index (χ1n) is 8.61. The Morgan fingerprint density at radius 3 is 2.61 bits per heavy atom. The van der Waals surface area contributed by atoms with Gasteiger partial charge in [-0.1, -0.05) is 35.9 Å². The number of thiazole rings is 1. The van der Waals surface area contributed by atoms with Crippen LogP contribution in [0, 0.1) is 0 Å². The summed E-state index contributed by atoms with van der Waals surface area (Å²) in [6, 6.07) is 14.2. The average molecular weight is 417 g/mol. The molecule has 0 spiro atoms. The van der Waals surface area contributed by atoms with E-state index in [-0.39, 0.29) is 17.0 Å². The van der Waals surface area contributed by atoms with E-state index in [1.807, 2.05) is 24.3 Å². The van der Waals surface area contributed by atoms with Gasteiger partial charge in [0.25, 0.3) is 11.8 Å². The minimum atomic E-state index is -0.704. The van der Waals surface area contributed by atoms with Gasteiger partial charge in [0.1, 0.15) is 0 Å². The molecule has 0 unspecified atom stereocenters. The fourth-order valence-corrected chi connectivity index (χ4v) is 3.74. The Hall–Kier alpha value is -2.77. The second kappa shape index (κ2) is 9.43. The molecule has 0 saturated heterocycles. The average Bonchev–Trinajstić information content (AvgIpc) is 3.09. The standard InChI is InChI=1S/C20H17ClN2O4S/c21-14-7-2-1-6-13(14)20(26)23-17(24)12-27-19(25)11-5-10-18-22-15-8-3-4-9-16(15)28-18/h1-4,6-9H,5,10-12H2,(H,23,24,26). The number of esters is 1. The molecule has 1 N–H and O–H groups in total. The number of aryl methyl sites for hydroxylation is 1. The minimum absolute atomic E-state index is 0.168. The van der Waals surface area contributed by atoms with E-state index in [0.29, 0.717) is 12.8 Å². The Labute approximate surface area is 170 Å². The van der Waals surface area contributed by atoms with Gasteiger partial charge >= 0.3 is 5.97 Å². The predicted molar refractivity (Wildman–Crippen MR) is 107 cm³/mol. The number of ether oxygens (including phenoxy) is 1. The van der Waals surface area contributed by atoms with E-state index in [9.17, 15) is 14.4 Å². The number of carbonyl (C=O) groups excluding carboxylic acids is 3. The van der Waals surface area contributed by atoms with Crippen LogP contribution in [-0.4, -0.2) is 29.4 Å². The number of benzene rings is 2. The van der Waals surface area contributed by atoms with Crippen molar-refractivity contribution in [3.8, 4) is 0 Å². The molecular weight excluding hydrogens is 400 g/mol. The summed E-state index contributed by atoms with van der Waals surface area (Å²) in [5.74, 6) is -1.84. The molecule has 0 fully saturated rings. The highest BCUT2D eigenvalue weighted by Gasteiger charge is 2.15. The molecule has 28 heavy (non-hydrogen) atoms. The van der Waals surface area contributed by atoms with Crippen molar-refractivity contribution in [3.05, 3.63) is 64.1 Å². The first kappa shape index (κ1) is 20.0. The third-order valence-electron chi connectivity index (χ3n) is 3.85. The molecular formula is C20H17ClN2O4S. The zero-order valence-corrected chi connectivity index (χ0v) is 16.4. The van der Waals surface area contributed by atoms with Crippen LogP contribution in [0.2, 0.25) is 5.02 Å². The number of nitrogens with zero attached hydrogens (tertiary/aromatic N) is 1. The second-order valence-corrected chi connectivity index (χ2v) is 7.47. The van der Waals surface area contributed by atoms with Crippen molar-refractivity contribution in [2.45, 2.75) is 19.3 Å². The number of rotatable bonds is 7. The lowest BCUT2D eigenvalue weighted by atomic mass is 10.2. The van der Waals surface area contributed by atoms with Gasteiger partial charge in [0.2, 0.25) is 0 Å². The van der Waals surface area contributed by atoms with Crippen LogP contribution in [0.5, 0.6) is 0 Å². The van der Waals surface area contributed by atoms with Gasteiger partial charge in [0.15, 0.2) is 6.61 Å². The Morgan fingerprint density at radius 2 is 1.82 bits per heavy atom. The second-order valence-electron chi connectivity index (χ2n) is 5.95. The van der Waals surface area contributed by atoms with Gasteiger partial charge < -0.3 is 4.74 Å². The first-order valence-corrected chi connectivity index (χ1v) is 9.81. The van der Waals surface area contributed by atoms with Crippen LogP contribution >= 0.6 is 22.9 Å². The van der Waals surface area contributed by atoms with Crippen molar-refractivity contribution in [1.29, 1.82) is 0 Å². The number of halogens is 1. The Bertz CT molecular complexity index is 985. The summed E-state index contributed by atoms with van der Waals surface area (Å²) in [5.41, 5.74) is 1.13. The third kappa shape index (κ3) is 5.37. The summed E-state index contributed by atoms with van der Waals surface area (Å²) in [5, 5.41) is 3.33. The first-order chi connectivity index (χ1) is 13.5. The molecule has 6 nitrogen and oxygen atoms in total. The number of nitrogens with one attached hydrogen (secondary N) is 1. The maximum atomic E-state index is 12.0. The maximum absolute atomic E-state index is 12.0. The largest absolute Gasteiger partial charge is 0.456 e. The molecule has 8 heteroatoms. The van der Waals surface area contributed by atoms with E-state index in [0.717, 1.165) is 15.2 Å². The van der Waals surface area contributed by atoms with Gasteiger partial charge in [-0.2, -0.15) is 0 Å². The maximum Gasteiger partial charge on any atom is 0.306 e. The van der Waals surface area contributed by atoms with Crippen molar-refractivity contribution in [2.24, 2.45) is 0 Å². The number of aromatic nitrogens is 1. The highest BCUT2D eigenvalue weighted by Crippen LogP contribution is 2.22. The lowest BCUT2D eigenvalue weighted by Crippen LogP contribution is -2.34. The third-order valence-corrected chi connectivity index (χ3v) is 5.27. The summed E-state index contributed by atoms with van der Waals surface area (Å²) in [6.45, 7) is -0.518. The summed E-state index contributed by atoms with van der Waals surface area (Å²) in [6.07, 6.45) is 1.39. The zero-order chi connectivity index (χ0) is 19.9. The summed E-state index contributed by atoms with van der Waals surface area (Å²) < 4.78 is 6.03. The normalized spacial score (nSPS) is 10.6. The van der Waals surface area contributed by atoms with E-state index in [2.05, 4.69) is 10.3 Å². The van der Waals surface area contributed by atoms with E-state index in [4.69, 9.17) is 16.3 Å². The SMILES string of the molecule is O=C(COC(=O)CCCc1nc2ccccc2s1)NC(=O)c1ccccc1Cl. The van der Waals surface area contributed by atoms with Gasteiger partial charge in [-0.05, 0) is 37.1 Å². The van der Waals surface area contributed by atoms with Gasteiger partial charge in [0.05, 0.1) is 25.8 Å².